The number of aromatic nitrogens is 1. The number of hydrogen-bond donors (Lipinski definition) is 1. The van der Waals surface area contributed by atoms with E-state index < -0.39 is 0 Å². The van der Waals surface area contributed by atoms with Crippen molar-refractivity contribution in [2.45, 2.75) is 57.7 Å². The Bertz CT molecular complexity index is 416. The standard InChI is InChI=1S/C14H21ClN2O/c1-13(2)8-11(9-14(3,4)17-13)18-10-5-6-16-12(15)7-10/h5-7,11,17H,8-9H2,1-4H3. The normalized spacial score (nSPS) is 22.7. The van der Waals surface area contributed by atoms with Gasteiger partial charge in [0.25, 0.3) is 0 Å². The van der Waals surface area contributed by atoms with Crippen LogP contribution in [-0.4, -0.2) is 22.2 Å². The van der Waals surface area contributed by atoms with Gasteiger partial charge in [-0.05, 0) is 33.8 Å². The molecule has 0 aromatic carbocycles. The van der Waals surface area contributed by atoms with E-state index in [1.807, 2.05) is 6.07 Å². The smallest absolute Gasteiger partial charge is 0.132 e. The van der Waals surface area contributed by atoms with Crippen LogP contribution in [0, 0.1) is 0 Å². The first-order valence-electron chi connectivity index (χ1n) is 6.33. The summed E-state index contributed by atoms with van der Waals surface area (Å²) in [5.74, 6) is 0.800. The minimum atomic E-state index is 0.0865. The molecule has 0 bridgehead atoms. The SMILES string of the molecule is CC1(C)CC(Oc2ccnc(Cl)c2)CC(C)(C)N1. The van der Waals surface area contributed by atoms with Crippen LogP contribution in [-0.2, 0) is 0 Å². The Morgan fingerprint density at radius 2 is 1.89 bits per heavy atom. The molecule has 0 radical (unpaired) electrons. The first-order valence-corrected chi connectivity index (χ1v) is 6.71. The van der Waals surface area contributed by atoms with Gasteiger partial charge in [-0.15, -0.1) is 0 Å². The quantitative estimate of drug-likeness (QED) is 0.835. The predicted octanol–water partition coefficient (Wildman–Crippen LogP) is 3.42. The van der Waals surface area contributed by atoms with E-state index in [0.29, 0.717) is 5.15 Å². The van der Waals surface area contributed by atoms with Gasteiger partial charge in [0.15, 0.2) is 0 Å². The number of nitrogens with zero attached hydrogens (tertiary/aromatic N) is 1. The molecule has 3 nitrogen and oxygen atoms in total. The number of piperidine rings is 1. The first-order chi connectivity index (χ1) is 8.26. The van der Waals surface area contributed by atoms with E-state index >= 15 is 0 Å². The minimum Gasteiger partial charge on any atom is -0.490 e. The molecule has 2 heterocycles. The van der Waals surface area contributed by atoms with E-state index in [4.69, 9.17) is 16.3 Å². The maximum Gasteiger partial charge on any atom is 0.132 e. The average Bonchev–Trinajstić information content (AvgIpc) is 2.11. The lowest BCUT2D eigenvalue weighted by atomic mass is 9.81. The molecule has 0 amide bonds. The van der Waals surface area contributed by atoms with Gasteiger partial charge in [-0.1, -0.05) is 11.6 Å². The summed E-state index contributed by atoms with van der Waals surface area (Å²) < 4.78 is 6.04. The highest BCUT2D eigenvalue weighted by molar-refractivity contribution is 6.29. The number of rotatable bonds is 2. The van der Waals surface area contributed by atoms with Crippen LogP contribution in [0.3, 0.4) is 0 Å². The fourth-order valence-corrected chi connectivity index (χ4v) is 3.13. The van der Waals surface area contributed by atoms with Crippen molar-refractivity contribution in [2.75, 3.05) is 0 Å². The zero-order valence-corrected chi connectivity index (χ0v) is 12.2. The van der Waals surface area contributed by atoms with Gasteiger partial charge in [-0.25, -0.2) is 4.98 Å². The Kier molecular flexibility index (Phi) is 3.56. The van der Waals surface area contributed by atoms with Crippen LogP contribution in [0.15, 0.2) is 18.3 Å². The Hall–Kier alpha value is -0.800. The molecule has 18 heavy (non-hydrogen) atoms. The second-order valence-corrected chi connectivity index (χ2v) is 6.74. The zero-order valence-electron chi connectivity index (χ0n) is 11.5. The fourth-order valence-electron chi connectivity index (χ4n) is 2.96. The molecule has 0 atom stereocenters. The third-order valence-electron chi connectivity index (χ3n) is 3.15. The van der Waals surface area contributed by atoms with Crippen LogP contribution in [0.25, 0.3) is 0 Å². The second-order valence-electron chi connectivity index (χ2n) is 6.36. The van der Waals surface area contributed by atoms with Crippen molar-refractivity contribution in [3.05, 3.63) is 23.5 Å². The molecule has 1 aliphatic heterocycles. The minimum absolute atomic E-state index is 0.0865. The lowest BCUT2D eigenvalue weighted by Crippen LogP contribution is -2.60. The van der Waals surface area contributed by atoms with Crippen molar-refractivity contribution in [3.63, 3.8) is 0 Å². The lowest BCUT2D eigenvalue weighted by molar-refractivity contribution is 0.0559. The van der Waals surface area contributed by atoms with Crippen molar-refractivity contribution >= 4 is 11.6 Å². The molecule has 1 fully saturated rings. The highest BCUT2D eigenvalue weighted by Gasteiger charge is 2.38. The van der Waals surface area contributed by atoms with Gasteiger partial charge in [-0.3, -0.25) is 0 Å². The summed E-state index contributed by atoms with van der Waals surface area (Å²) >= 11 is 5.87. The summed E-state index contributed by atoms with van der Waals surface area (Å²) in [5.41, 5.74) is 0.173. The second kappa shape index (κ2) is 4.71. The van der Waals surface area contributed by atoms with Gasteiger partial charge in [0, 0.05) is 36.2 Å². The predicted molar refractivity (Wildman–Crippen MR) is 74.2 cm³/mol. The lowest BCUT2D eigenvalue weighted by Gasteiger charge is -2.46. The van der Waals surface area contributed by atoms with Crippen LogP contribution in [0.1, 0.15) is 40.5 Å². The topological polar surface area (TPSA) is 34.1 Å². The molecular formula is C14H21ClN2O. The Morgan fingerprint density at radius 3 is 2.44 bits per heavy atom. The van der Waals surface area contributed by atoms with Crippen molar-refractivity contribution in [1.29, 1.82) is 0 Å². The van der Waals surface area contributed by atoms with Gasteiger partial charge in [-0.2, -0.15) is 0 Å². The number of nitrogens with one attached hydrogen (secondary N) is 1. The third-order valence-corrected chi connectivity index (χ3v) is 3.36. The van der Waals surface area contributed by atoms with Crippen LogP contribution in [0.2, 0.25) is 5.15 Å². The summed E-state index contributed by atoms with van der Waals surface area (Å²) in [6.45, 7) is 8.85. The zero-order chi connectivity index (χ0) is 13.4. The summed E-state index contributed by atoms with van der Waals surface area (Å²) in [7, 11) is 0. The number of pyridine rings is 1. The molecule has 1 N–H and O–H groups in total. The Balaban J connectivity index is 2.09. The van der Waals surface area contributed by atoms with Crippen LogP contribution >= 0.6 is 11.6 Å². The Morgan fingerprint density at radius 1 is 1.28 bits per heavy atom. The van der Waals surface area contributed by atoms with E-state index in [-0.39, 0.29) is 17.2 Å². The molecule has 4 heteroatoms. The van der Waals surface area contributed by atoms with E-state index in [1.54, 1.807) is 12.3 Å². The molecule has 1 aromatic heterocycles. The first kappa shape index (κ1) is 13.6. The molecule has 0 saturated carbocycles. The van der Waals surface area contributed by atoms with Crippen molar-refractivity contribution < 1.29 is 4.74 Å². The maximum absolute atomic E-state index is 6.04. The van der Waals surface area contributed by atoms with E-state index in [0.717, 1.165) is 18.6 Å². The third kappa shape index (κ3) is 3.59. The summed E-state index contributed by atoms with van der Waals surface area (Å²) in [5, 5.41) is 4.11. The molecule has 0 spiro atoms. The molecular weight excluding hydrogens is 248 g/mol. The highest BCUT2D eigenvalue weighted by atomic mass is 35.5. The number of ether oxygens (including phenoxy) is 1. The highest BCUT2D eigenvalue weighted by Crippen LogP contribution is 2.31. The summed E-state index contributed by atoms with van der Waals surface area (Å²) in [6.07, 6.45) is 3.84. The van der Waals surface area contributed by atoms with Crippen molar-refractivity contribution in [1.82, 2.24) is 10.3 Å². The average molecular weight is 269 g/mol. The van der Waals surface area contributed by atoms with Gasteiger partial charge >= 0.3 is 0 Å². The van der Waals surface area contributed by atoms with Crippen LogP contribution in [0.4, 0.5) is 0 Å². The van der Waals surface area contributed by atoms with Gasteiger partial charge in [0.1, 0.15) is 17.0 Å². The Labute approximate surface area is 114 Å². The largest absolute Gasteiger partial charge is 0.490 e. The van der Waals surface area contributed by atoms with Crippen molar-refractivity contribution in [2.24, 2.45) is 0 Å². The van der Waals surface area contributed by atoms with Crippen LogP contribution < -0.4 is 10.1 Å². The molecule has 100 valence electrons. The molecule has 0 unspecified atom stereocenters. The summed E-state index contributed by atoms with van der Waals surface area (Å²) in [4.78, 5) is 3.96. The van der Waals surface area contributed by atoms with Crippen LogP contribution in [0.5, 0.6) is 5.75 Å². The number of halogens is 1. The van der Waals surface area contributed by atoms with E-state index in [1.165, 1.54) is 0 Å². The maximum atomic E-state index is 6.04. The van der Waals surface area contributed by atoms with Gasteiger partial charge in [0.05, 0.1) is 0 Å². The summed E-state index contributed by atoms with van der Waals surface area (Å²) in [6, 6.07) is 3.62. The van der Waals surface area contributed by atoms with Gasteiger partial charge < -0.3 is 10.1 Å². The van der Waals surface area contributed by atoms with Gasteiger partial charge in [0.2, 0.25) is 0 Å². The fraction of sp³-hybridized carbons (Fsp3) is 0.643. The van der Waals surface area contributed by atoms with E-state index in [9.17, 15) is 0 Å². The van der Waals surface area contributed by atoms with E-state index in [2.05, 4.69) is 38.0 Å². The molecule has 1 aromatic rings. The molecule has 1 aliphatic rings. The van der Waals surface area contributed by atoms with Crippen molar-refractivity contribution in [3.8, 4) is 5.75 Å². The molecule has 1 saturated heterocycles. The monoisotopic (exact) mass is 268 g/mol. The molecule has 2 rings (SSSR count). The molecule has 0 aliphatic carbocycles. The number of hydrogen-bond acceptors (Lipinski definition) is 3.